The molecule has 1 aromatic carbocycles. The number of hydrogen-bond acceptors (Lipinski definition) is 5. The third kappa shape index (κ3) is 4.46. The molecule has 1 amide bonds. The number of rotatable bonds is 3. The molecule has 6 nitrogen and oxygen atoms in total. The van der Waals surface area contributed by atoms with Gasteiger partial charge in [-0.05, 0) is 30.3 Å². The van der Waals surface area contributed by atoms with Crippen molar-refractivity contribution in [1.29, 1.82) is 0 Å². The quantitative estimate of drug-likeness (QED) is 0.876. The minimum absolute atomic E-state index is 0.134. The van der Waals surface area contributed by atoms with Crippen LogP contribution in [0.4, 0.5) is 35.3 Å². The molecule has 0 spiro atoms. The maximum atomic E-state index is 12.8. The zero-order chi connectivity index (χ0) is 17.0. The number of alkyl halides is 3. The monoisotopic (exact) mass is 346 g/mol. The first-order valence-corrected chi connectivity index (χ1v) is 6.50. The number of benzene rings is 1. The van der Waals surface area contributed by atoms with Crippen molar-refractivity contribution in [1.82, 2.24) is 10.2 Å². The average molecular weight is 347 g/mol. The number of hydrogen-bond donors (Lipinski definition) is 2. The molecule has 0 fully saturated rings. The Morgan fingerprint density at radius 3 is 2.39 bits per heavy atom. The molecule has 1 aromatic heterocycles. The van der Waals surface area contributed by atoms with E-state index in [1.807, 2.05) is 0 Å². The number of nitrogens with one attached hydrogen (secondary N) is 2. The first-order valence-electron chi connectivity index (χ1n) is 6.12. The summed E-state index contributed by atoms with van der Waals surface area (Å²) >= 11 is 5.54. The van der Waals surface area contributed by atoms with E-state index in [1.165, 1.54) is 25.3 Å². The number of aromatic nitrogens is 2. The Morgan fingerprint density at radius 2 is 1.83 bits per heavy atom. The lowest BCUT2D eigenvalue weighted by Crippen LogP contribution is -2.12. The van der Waals surface area contributed by atoms with Gasteiger partial charge in [0, 0.05) is 5.69 Å². The first-order chi connectivity index (χ1) is 10.8. The molecule has 0 saturated carbocycles. The zero-order valence-electron chi connectivity index (χ0n) is 11.6. The van der Waals surface area contributed by atoms with Crippen LogP contribution in [-0.4, -0.2) is 23.4 Å². The number of nitrogens with zero attached hydrogens (tertiary/aromatic N) is 2. The van der Waals surface area contributed by atoms with E-state index < -0.39 is 22.9 Å². The highest BCUT2D eigenvalue weighted by Gasteiger charge is 2.33. The van der Waals surface area contributed by atoms with Gasteiger partial charge in [0.05, 0.1) is 17.7 Å². The van der Waals surface area contributed by atoms with E-state index in [-0.39, 0.29) is 17.3 Å². The minimum Gasteiger partial charge on any atom is -0.453 e. The van der Waals surface area contributed by atoms with E-state index in [4.69, 9.17) is 11.6 Å². The van der Waals surface area contributed by atoms with Crippen LogP contribution in [-0.2, 0) is 10.9 Å². The van der Waals surface area contributed by atoms with E-state index >= 15 is 0 Å². The number of carbonyl (C=O) groups excluding carboxylic acids is 1. The lowest BCUT2D eigenvalue weighted by atomic mass is 10.2. The number of halogens is 4. The number of carbonyl (C=O) groups is 1. The van der Waals surface area contributed by atoms with Gasteiger partial charge in [-0.1, -0.05) is 11.6 Å². The fourth-order valence-electron chi connectivity index (χ4n) is 1.59. The van der Waals surface area contributed by atoms with Crippen molar-refractivity contribution >= 4 is 35.0 Å². The van der Waals surface area contributed by atoms with Crippen LogP contribution in [0.25, 0.3) is 0 Å². The average Bonchev–Trinajstić information content (AvgIpc) is 2.50. The predicted molar refractivity (Wildman–Crippen MR) is 77.8 cm³/mol. The molecular weight excluding hydrogens is 337 g/mol. The normalized spacial score (nSPS) is 11.0. The third-order valence-electron chi connectivity index (χ3n) is 2.62. The molecule has 2 aromatic rings. The summed E-state index contributed by atoms with van der Waals surface area (Å²) in [5.74, 6) is 0.324. The van der Waals surface area contributed by atoms with Gasteiger partial charge in [0.25, 0.3) is 0 Å². The van der Waals surface area contributed by atoms with Gasteiger partial charge < -0.3 is 10.1 Å². The van der Waals surface area contributed by atoms with Gasteiger partial charge in [0.2, 0.25) is 0 Å². The Balaban J connectivity index is 2.15. The van der Waals surface area contributed by atoms with Crippen LogP contribution in [0.3, 0.4) is 0 Å². The highest BCUT2D eigenvalue weighted by atomic mass is 35.5. The first kappa shape index (κ1) is 16.8. The molecular formula is C13H10ClF3N4O2. The molecule has 0 unspecified atom stereocenters. The third-order valence-corrected chi connectivity index (χ3v) is 2.95. The highest BCUT2D eigenvalue weighted by Crippen LogP contribution is 2.36. The lowest BCUT2D eigenvalue weighted by Gasteiger charge is -2.12. The predicted octanol–water partition coefficient (Wildman–Crippen LogP) is 4.07. The van der Waals surface area contributed by atoms with E-state index in [0.29, 0.717) is 0 Å². The highest BCUT2D eigenvalue weighted by molar-refractivity contribution is 6.31. The van der Waals surface area contributed by atoms with Gasteiger partial charge in [0.15, 0.2) is 11.6 Å². The van der Waals surface area contributed by atoms with Crippen molar-refractivity contribution < 1.29 is 22.7 Å². The van der Waals surface area contributed by atoms with E-state index in [2.05, 4.69) is 25.6 Å². The fraction of sp³-hybridized carbons (Fsp3) is 0.154. The molecule has 0 radical (unpaired) electrons. The maximum Gasteiger partial charge on any atom is 0.417 e. The van der Waals surface area contributed by atoms with Gasteiger partial charge in [-0.3, -0.25) is 5.32 Å². The molecule has 122 valence electrons. The van der Waals surface area contributed by atoms with E-state index in [1.54, 1.807) is 0 Å². The smallest absolute Gasteiger partial charge is 0.417 e. The molecule has 1 heterocycles. The zero-order valence-corrected chi connectivity index (χ0v) is 12.4. The van der Waals surface area contributed by atoms with Crippen LogP contribution in [0.2, 0.25) is 5.02 Å². The minimum atomic E-state index is -4.56. The van der Waals surface area contributed by atoms with Crippen LogP contribution in [0, 0.1) is 0 Å². The van der Waals surface area contributed by atoms with Gasteiger partial charge in [-0.15, -0.1) is 10.2 Å². The molecule has 2 rings (SSSR count). The van der Waals surface area contributed by atoms with Gasteiger partial charge in [-0.2, -0.15) is 13.2 Å². The van der Waals surface area contributed by atoms with Crippen molar-refractivity contribution in [3.63, 3.8) is 0 Å². The van der Waals surface area contributed by atoms with Crippen LogP contribution in [0.5, 0.6) is 0 Å². The van der Waals surface area contributed by atoms with Crippen molar-refractivity contribution in [3.05, 3.63) is 40.9 Å². The number of amides is 1. The second kappa shape index (κ2) is 6.69. The Bertz CT molecular complexity index is 707. The van der Waals surface area contributed by atoms with Gasteiger partial charge in [0.1, 0.15) is 0 Å². The van der Waals surface area contributed by atoms with Crippen LogP contribution < -0.4 is 10.6 Å². The summed E-state index contributed by atoms with van der Waals surface area (Å²) in [5.41, 5.74) is -0.814. The number of methoxy groups -OCH3 is 1. The summed E-state index contributed by atoms with van der Waals surface area (Å²) in [7, 11) is 1.19. The second-order valence-corrected chi connectivity index (χ2v) is 4.64. The van der Waals surface area contributed by atoms with Gasteiger partial charge in [-0.25, -0.2) is 4.79 Å². The van der Waals surface area contributed by atoms with Crippen LogP contribution in [0.15, 0.2) is 30.3 Å². The summed E-state index contributed by atoms with van der Waals surface area (Å²) in [4.78, 5) is 11.0. The Labute approximate surface area is 133 Å². The van der Waals surface area contributed by atoms with Gasteiger partial charge >= 0.3 is 12.3 Å². The number of ether oxygens (including phenoxy) is 1. The van der Waals surface area contributed by atoms with Crippen molar-refractivity contribution in [2.75, 3.05) is 17.7 Å². The summed E-state index contributed by atoms with van der Waals surface area (Å²) in [6.07, 6.45) is -5.28. The SMILES string of the molecule is COC(=O)Nc1ccc(Nc2ccc(Cl)c(C(F)(F)F)c2)nn1. The van der Waals surface area contributed by atoms with E-state index in [0.717, 1.165) is 12.1 Å². The van der Waals surface area contributed by atoms with Crippen LogP contribution >= 0.6 is 11.6 Å². The molecule has 10 heteroatoms. The topological polar surface area (TPSA) is 76.1 Å². The standard InChI is InChI=1S/C13H10ClF3N4O2/c1-23-12(22)19-11-5-4-10(20-21-11)18-7-2-3-9(14)8(6-7)13(15,16)17/h2-6H,1H3,(H,18,20)(H,19,21,22). The maximum absolute atomic E-state index is 12.8. The lowest BCUT2D eigenvalue weighted by molar-refractivity contribution is -0.137. The molecule has 0 aliphatic heterocycles. The molecule has 0 aliphatic carbocycles. The molecule has 2 N–H and O–H groups in total. The van der Waals surface area contributed by atoms with E-state index in [9.17, 15) is 18.0 Å². The fourth-order valence-corrected chi connectivity index (χ4v) is 1.81. The van der Waals surface area contributed by atoms with Crippen molar-refractivity contribution in [3.8, 4) is 0 Å². The summed E-state index contributed by atoms with van der Waals surface area (Å²) in [5, 5.41) is 12.0. The Hall–Kier alpha value is -2.55. The molecule has 0 saturated heterocycles. The molecule has 23 heavy (non-hydrogen) atoms. The Morgan fingerprint density at radius 1 is 1.17 bits per heavy atom. The Kier molecular flexibility index (Phi) is 4.89. The summed E-state index contributed by atoms with van der Waals surface area (Å²) < 4.78 is 42.7. The second-order valence-electron chi connectivity index (χ2n) is 4.24. The number of anilines is 3. The summed E-state index contributed by atoms with van der Waals surface area (Å²) in [6, 6.07) is 6.21. The van der Waals surface area contributed by atoms with Crippen molar-refractivity contribution in [2.24, 2.45) is 0 Å². The van der Waals surface area contributed by atoms with Crippen molar-refractivity contribution in [2.45, 2.75) is 6.18 Å². The summed E-state index contributed by atoms with van der Waals surface area (Å²) in [6.45, 7) is 0. The largest absolute Gasteiger partial charge is 0.453 e. The van der Waals surface area contributed by atoms with Crippen LogP contribution in [0.1, 0.15) is 5.56 Å². The molecule has 0 aliphatic rings. The molecule has 0 atom stereocenters. The molecule has 0 bridgehead atoms.